The summed E-state index contributed by atoms with van der Waals surface area (Å²) in [4.78, 5) is 0. The summed E-state index contributed by atoms with van der Waals surface area (Å²) >= 11 is 3.40. The van der Waals surface area contributed by atoms with Gasteiger partial charge in [0.2, 0.25) is 0 Å². The molecule has 2 aromatic rings. The summed E-state index contributed by atoms with van der Waals surface area (Å²) in [6.07, 6.45) is 6.11. The Hall–Kier alpha value is -1.42. The summed E-state index contributed by atoms with van der Waals surface area (Å²) in [5, 5.41) is 2.88. The molecule has 2 rings (SSSR count). The van der Waals surface area contributed by atoms with Gasteiger partial charge in [0.15, 0.2) is 11.5 Å². The number of unbranched alkanes of at least 4 members (excludes halogenated alkanes) is 4. The summed E-state index contributed by atoms with van der Waals surface area (Å²) < 4.78 is 17.5. The van der Waals surface area contributed by atoms with Crippen molar-refractivity contribution in [1.29, 1.82) is 0 Å². The van der Waals surface area contributed by atoms with Crippen LogP contribution in [0.4, 0.5) is 0 Å². The van der Waals surface area contributed by atoms with Crippen LogP contribution < -0.4 is 14.2 Å². The quantitative estimate of drug-likeness (QED) is 0.347. The van der Waals surface area contributed by atoms with E-state index in [0.717, 1.165) is 39.8 Å². The van der Waals surface area contributed by atoms with E-state index < -0.39 is 0 Å². The van der Waals surface area contributed by atoms with E-state index in [9.17, 15) is 0 Å². The minimum Gasteiger partial charge on any atom is -0.493 e. The van der Waals surface area contributed by atoms with E-state index in [0.29, 0.717) is 13.2 Å². The van der Waals surface area contributed by atoms with Gasteiger partial charge in [-0.2, -0.15) is 0 Å². The number of hydrogen-bond acceptors (Lipinski definition) is 3. The molecule has 0 bridgehead atoms. The van der Waals surface area contributed by atoms with Crippen molar-refractivity contribution in [3.63, 3.8) is 0 Å². The van der Waals surface area contributed by atoms with Crippen LogP contribution in [0.3, 0.4) is 0 Å². The van der Waals surface area contributed by atoms with Gasteiger partial charge in [-0.15, -0.1) is 0 Å². The normalized spacial score (nSPS) is 10.8. The third-order valence-electron chi connectivity index (χ3n) is 3.97. The molecule has 0 aliphatic heterocycles. The van der Waals surface area contributed by atoms with Crippen LogP contribution in [-0.2, 0) is 0 Å². The SMILES string of the molecule is CCCCCCCOc1c(OC)cc(OCCBr)c2ccccc12. The number of alkyl halides is 1. The lowest BCUT2D eigenvalue weighted by molar-refractivity contribution is 0.286. The zero-order valence-corrected chi connectivity index (χ0v) is 16.2. The van der Waals surface area contributed by atoms with Crippen molar-refractivity contribution in [3.05, 3.63) is 30.3 Å². The van der Waals surface area contributed by atoms with Crippen molar-refractivity contribution in [3.8, 4) is 17.2 Å². The predicted molar refractivity (Wildman–Crippen MR) is 104 cm³/mol. The Labute approximate surface area is 153 Å². The molecule has 0 N–H and O–H groups in total. The topological polar surface area (TPSA) is 27.7 Å². The Kier molecular flexibility index (Phi) is 8.23. The van der Waals surface area contributed by atoms with Gasteiger partial charge in [-0.1, -0.05) is 72.8 Å². The Balaban J connectivity index is 2.18. The molecule has 0 aliphatic rings. The molecule has 0 atom stereocenters. The Morgan fingerprint density at radius 1 is 0.875 bits per heavy atom. The van der Waals surface area contributed by atoms with E-state index >= 15 is 0 Å². The highest BCUT2D eigenvalue weighted by atomic mass is 79.9. The van der Waals surface area contributed by atoms with Crippen LogP contribution >= 0.6 is 15.9 Å². The molecule has 4 heteroatoms. The molecular weight excluding hydrogens is 368 g/mol. The van der Waals surface area contributed by atoms with E-state index in [4.69, 9.17) is 14.2 Å². The van der Waals surface area contributed by atoms with Gasteiger partial charge in [0.25, 0.3) is 0 Å². The lowest BCUT2D eigenvalue weighted by Gasteiger charge is -2.16. The average molecular weight is 395 g/mol. The maximum absolute atomic E-state index is 6.09. The molecule has 132 valence electrons. The summed E-state index contributed by atoms with van der Waals surface area (Å²) in [6, 6.07) is 10.1. The zero-order chi connectivity index (χ0) is 17.2. The first-order chi connectivity index (χ1) is 11.8. The number of benzene rings is 2. The van der Waals surface area contributed by atoms with E-state index in [1.165, 1.54) is 25.7 Å². The second-order valence-corrected chi connectivity index (χ2v) is 6.54. The lowest BCUT2D eigenvalue weighted by atomic mass is 10.1. The molecule has 0 spiro atoms. The fraction of sp³-hybridized carbons (Fsp3) is 0.500. The van der Waals surface area contributed by atoms with Gasteiger partial charge in [0, 0.05) is 22.2 Å². The van der Waals surface area contributed by atoms with Crippen molar-refractivity contribution in [1.82, 2.24) is 0 Å². The average Bonchev–Trinajstić information content (AvgIpc) is 2.63. The van der Waals surface area contributed by atoms with Gasteiger partial charge in [-0.25, -0.2) is 0 Å². The molecule has 3 nitrogen and oxygen atoms in total. The maximum atomic E-state index is 6.09. The van der Waals surface area contributed by atoms with Crippen LogP contribution in [0.25, 0.3) is 10.8 Å². The first-order valence-electron chi connectivity index (χ1n) is 8.73. The van der Waals surface area contributed by atoms with E-state index in [2.05, 4.69) is 35.0 Å². The first kappa shape index (κ1) is 18.9. The predicted octanol–water partition coefficient (Wildman–Crippen LogP) is 5.97. The van der Waals surface area contributed by atoms with E-state index in [1.807, 2.05) is 18.2 Å². The minimum atomic E-state index is 0.616. The second-order valence-electron chi connectivity index (χ2n) is 5.75. The molecule has 0 fully saturated rings. The molecule has 0 aromatic heterocycles. The van der Waals surface area contributed by atoms with Crippen molar-refractivity contribution < 1.29 is 14.2 Å². The van der Waals surface area contributed by atoms with Crippen LogP contribution in [0, 0.1) is 0 Å². The maximum Gasteiger partial charge on any atom is 0.169 e. The molecule has 0 amide bonds. The standard InChI is InChI=1S/C20H27BrO3/c1-3-4-5-6-9-13-24-20-17-11-8-7-10-16(17)18(23-14-12-21)15-19(20)22-2/h7-8,10-11,15H,3-6,9,12-14H2,1-2H3. The number of fused-ring (bicyclic) bond motifs is 1. The molecule has 0 radical (unpaired) electrons. The highest BCUT2D eigenvalue weighted by Crippen LogP contribution is 2.41. The second kappa shape index (κ2) is 10.4. The van der Waals surface area contributed by atoms with Crippen molar-refractivity contribution >= 4 is 26.7 Å². The molecule has 0 heterocycles. The molecule has 24 heavy (non-hydrogen) atoms. The minimum absolute atomic E-state index is 0.616. The Bertz CT molecular complexity index is 628. The Morgan fingerprint density at radius 3 is 2.33 bits per heavy atom. The van der Waals surface area contributed by atoms with Crippen LogP contribution in [-0.4, -0.2) is 25.7 Å². The number of hydrogen-bond donors (Lipinski definition) is 0. The number of ether oxygens (including phenoxy) is 3. The van der Waals surface area contributed by atoms with Crippen LogP contribution in [0.5, 0.6) is 17.2 Å². The lowest BCUT2D eigenvalue weighted by Crippen LogP contribution is -2.03. The van der Waals surface area contributed by atoms with Crippen LogP contribution in [0.2, 0.25) is 0 Å². The highest BCUT2D eigenvalue weighted by molar-refractivity contribution is 9.09. The van der Waals surface area contributed by atoms with Gasteiger partial charge in [-0.3, -0.25) is 0 Å². The fourth-order valence-electron chi connectivity index (χ4n) is 2.74. The van der Waals surface area contributed by atoms with Crippen molar-refractivity contribution in [2.75, 3.05) is 25.7 Å². The zero-order valence-electron chi connectivity index (χ0n) is 14.6. The summed E-state index contributed by atoms with van der Waals surface area (Å²) in [5.74, 6) is 2.37. The summed E-state index contributed by atoms with van der Waals surface area (Å²) in [6.45, 7) is 3.56. The number of halogens is 1. The summed E-state index contributed by atoms with van der Waals surface area (Å²) in [7, 11) is 1.67. The van der Waals surface area contributed by atoms with Crippen molar-refractivity contribution in [2.45, 2.75) is 39.0 Å². The van der Waals surface area contributed by atoms with E-state index in [1.54, 1.807) is 7.11 Å². The first-order valence-corrected chi connectivity index (χ1v) is 9.85. The third kappa shape index (κ3) is 5.04. The van der Waals surface area contributed by atoms with Gasteiger partial charge in [0.05, 0.1) is 20.3 Å². The van der Waals surface area contributed by atoms with Gasteiger partial charge >= 0.3 is 0 Å². The molecule has 0 saturated carbocycles. The van der Waals surface area contributed by atoms with Gasteiger partial charge in [0.1, 0.15) is 5.75 Å². The largest absolute Gasteiger partial charge is 0.493 e. The van der Waals surface area contributed by atoms with E-state index in [-0.39, 0.29) is 0 Å². The Morgan fingerprint density at radius 2 is 1.62 bits per heavy atom. The third-order valence-corrected chi connectivity index (χ3v) is 4.30. The summed E-state index contributed by atoms with van der Waals surface area (Å²) in [5.41, 5.74) is 0. The van der Waals surface area contributed by atoms with Crippen molar-refractivity contribution in [2.24, 2.45) is 0 Å². The van der Waals surface area contributed by atoms with Gasteiger partial charge in [-0.05, 0) is 6.42 Å². The van der Waals surface area contributed by atoms with Crippen LogP contribution in [0.15, 0.2) is 30.3 Å². The monoisotopic (exact) mass is 394 g/mol. The smallest absolute Gasteiger partial charge is 0.169 e. The van der Waals surface area contributed by atoms with Gasteiger partial charge < -0.3 is 14.2 Å². The molecule has 0 aliphatic carbocycles. The molecule has 0 unspecified atom stereocenters. The number of rotatable bonds is 11. The molecular formula is C20H27BrO3. The molecule has 0 saturated heterocycles. The fourth-order valence-corrected chi connectivity index (χ4v) is 2.90. The molecule has 2 aromatic carbocycles. The number of methoxy groups -OCH3 is 1. The van der Waals surface area contributed by atoms with Crippen LogP contribution in [0.1, 0.15) is 39.0 Å². The highest BCUT2D eigenvalue weighted by Gasteiger charge is 2.14.